The first kappa shape index (κ1) is 13.0. The summed E-state index contributed by atoms with van der Waals surface area (Å²) < 4.78 is 5.19. The lowest BCUT2D eigenvalue weighted by Gasteiger charge is -2.22. The van der Waals surface area contributed by atoms with Crippen LogP contribution in [0.4, 0.5) is 5.69 Å². The van der Waals surface area contributed by atoms with Crippen LogP contribution in [-0.4, -0.2) is 19.8 Å². The Balaban J connectivity index is 2.52. The Kier molecular flexibility index (Phi) is 5.29. The summed E-state index contributed by atoms with van der Waals surface area (Å²) in [4.78, 5) is 0. The number of hydrogen-bond donors (Lipinski definition) is 2. The highest BCUT2D eigenvalue weighted by molar-refractivity contribution is 5.46. The lowest BCUT2D eigenvalue weighted by atomic mass is 10.0. The Morgan fingerprint density at radius 1 is 1.31 bits per heavy atom. The smallest absolute Gasteiger partial charge is 0.0618 e. The van der Waals surface area contributed by atoms with Crippen molar-refractivity contribution in [3.8, 4) is 0 Å². The molecule has 0 spiro atoms. The monoisotopic (exact) mass is 222 g/mol. The van der Waals surface area contributed by atoms with Gasteiger partial charge in [0.2, 0.25) is 0 Å². The highest BCUT2D eigenvalue weighted by atomic mass is 16.5. The Morgan fingerprint density at radius 2 is 2.00 bits per heavy atom. The first-order valence-electron chi connectivity index (χ1n) is 5.71. The number of nitrogen functional groups attached to an aromatic ring is 1. The highest BCUT2D eigenvalue weighted by Gasteiger charge is 2.12. The Hall–Kier alpha value is -1.06. The number of anilines is 1. The summed E-state index contributed by atoms with van der Waals surface area (Å²) in [6, 6.07) is 8.30. The molecule has 1 aromatic carbocycles. The van der Waals surface area contributed by atoms with Crippen LogP contribution in [0.1, 0.15) is 19.4 Å². The first-order chi connectivity index (χ1) is 7.65. The fourth-order valence-electron chi connectivity index (χ4n) is 1.60. The second-order valence-electron chi connectivity index (χ2n) is 4.39. The van der Waals surface area contributed by atoms with Gasteiger partial charge in [-0.3, -0.25) is 0 Å². The Bertz CT molecular complexity index is 313. The predicted molar refractivity (Wildman–Crippen MR) is 68.2 cm³/mol. The quantitative estimate of drug-likeness (QED) is 0.724. The molecular formula is C13H22N2O. The van der Waals surface area contributed by atoms with Gasteiger partial charge in [-0.1, -0.05) is 32.0 Å². The van der Waals surface area contributed by atoms with Gasteiger partial charge in [-0.15, -0.1) is 0 Å². The van der Waals surface area contributed by atoms with E-state index in [0.717, 1.165) is 24.4 Å². The van der Waals surface area contributed by atoms with E-state index in [4.69, 9.17) is 10.5 Å². The van der Waals surface area contributed by atoms with Crippen LogP contribution in [0.15, 0.2) is 24.3 Å². The van der Waals surface area contributed by atoms with Crippen molar-refractivity contribution in [2.75, 3.05) is 19.5 Å². The Morgan fingerprint density at radius 3 is 2.56 bits per heavy atom. The maximum Gasteiger partial charge on any atom is 0.0618 e. The minimum Gasteiger partial charge on any atom is -0.398 e. The van der Waals surface area contributed by atoms with Crippen molar-refractivity contribution >= 4 is 5.69 Å². The van der Waals surface area contributed by atoms with Crippen LogP contribution in [0.2, 0.25) is 0 Å². The van der Waals surface area contributed by atoms with Crippen molar-refractivity contribution in [1.29, 1.82) is 0 Å². The third kappa shape index (κ3) is 3.83. The summed E-state index contributed by atoms with van der Waals surface area (Å²) in [6.07, 6.45) is 0. The largest absolute Gasteiger partial charge is 0.398 e. The van der Waals surface area contributed by atoms with Gasteiger partial charge in [-0.2, -0.15) is 0 Å². The minimum atomic E-state index is 0.365. The molecule has 1 rings (SSSR count). The molecule has 3 N–H and O–H groups in total. The van der Waals surface area contributed by atoms with Crippen molar-refractivity contribution < 1.29 is 4.74 Å². The van der Waals surface area contributed by atoms with Crippen LogP contribution in [-0.2, 0) is 11.3 Å². The molecule has 0 aliphatic carbocycles. The number of rotatable bonds is 6. The summed E-state index contributed by atoms with van der Waals surface area (Å²) in [5.41, 5.74) is 7.87. The van der Waals surface area contributed by atoms with E-state index in [1.165, 1.54) is 0 Å². The molecule has 0 bridgehead atoms. The fourth-order valence-corrected chi connectivity index (χ4v) is 1.60. The van der Waals surface area contributed by atoms with E-state index in [2.05, 4.69) is 19.2 Å². The van der Waals surface area contributed by atoms with Crippen LogP contribution < -0.4 is 11.1 Å². The molecule has 16 heavy (non-hydrogen) atoms. The lowest BCUT2D eigenvalue weighted by Crippen LogP contribution is -2.37. The average molecular weight is 222 g/mol. The summed E-state index contributed by atoms with van der Waals surface area (Å²) in [5.74, 6) is 0.546. The molecule has 0 amide bonds. The molecular weight excluding hydrogens is 200 g/mol. The van der Waals surface area contributed by atoms with E-state index >= 15 is 0 Å². The molecule has 1 atom stereocenters. The number of nitrogens with two attached hydrogens (primary N) is 1. The topological polar surface area (TPSA) is 47.3 Å². The minimum absolute atomic E-state index is 0.365. The van der Waals surface area contributed by atoms with E-state index in [0.29, 0.717) is 12.0 Å². The fraction of sp³-hybridized carbons (Fsp3) is 0.538. The van der Waals surface area contributed by atoms with Gasteiger partial charge in [0.25, 0.3) is 0 Å². The van der Waals surface area contributed by atoms with Gasteiger partial charge < -0.3 is 15.8 Å². The molecule has 1 unspecified atom stereocenters. The van der Waals surface area contributed by atoms with Gasteiger partial charge in [0.1, 0.15) is 0 Å². The molecule has 0 heterocycles. The molecule has 0 fully saturated rings. The van der Waals surface area contributed by atoms with E-state index in [9.17, 15) is 0 Å². The number of benzene rings is 1. The average Bonchev–Trinajstić information content (AvgIpc) is 2.26. The normalized spacial score (nSPS) is 13.0. The standard InChI is InChI=1S/C13H22N2O/c1-10(2)13(9-16-3)15-8-11-6-4-5-7-12(11)14/h4-7,10,13,15H,8-9,14H2,1-3H3. The van der Waals surface area contributed by atoms with Crippen molar-refractivity contribution in [2.24, 2.45) is 5.92 Å². The zero-order valence-electron chi connectivity index (χ0n) is 10.4. The molecule has 3 nitrogen and oxygen atoms in total. The van der Waals surface area contributed by atoms with Crippen LogP contribution in [0, 0.1) is 5.92 Å². The van der Waals surface area contributed by atoms with Gasteiger partial charge in [0.05, 0.1) is 6.61 Å². The molecule has 90 valence electrons. The molecule has 3 heteroatoms. The summed E-state index contributed by atoms with van der Waals surface area (Å²) in [6.45, 7) is 5.89. The zero-order valence-corrected chi connectivity index (χ0v) is 10.4. The van der Waals surface area contributed by atoms with Gasteiger partial charge in [0.15, 0.2) is 0 Å². The van der Waals surface area contributed by atoms with Gasteiger partial charge in [0, 0.05) is 25.4 Å². The second kappa shape index (κ2) is 6.51. The van der Waals surface area contributed by atoms with E-state index < -0.39 is 0 Å². The van der Waals surface area contributed by atoms with E-state index in [-0.39, 0.29) is 0 Å². The van der Waals surface area contributed by atoms with Crippen molar-refractivity contribution in [3.05, 3.63) is 29.8 Å². The molecule has 1 aromatic rings. The first-order valence-corrected chi connectivity index (χ1v) is 5.71. The number of hydrogen-bond acceptors (Lipinski definition) is 3. The number of para-hydroxylation sites is 1. The molecule has 0 aliphatic heterocycles. The lowest BCUT2D eigenvalue weighted by molar-refractivity contribution is 0.146. The molecule has 0 radical (unpaired) electrons. The number of nitrogens with one attached hydrogen (secondary N) is 1. The number of methoxy groups -OCH3 is 1. The molecule has 0 saturated carbocycles. The SMILES string of the molecule is COCC(NCc1ccccc1N)C(C)C. The van der Waals surface area contributed by atoms with Crippen LogP contribution in [0.25, 0.3) is 0 Å². The third-order valence-corrected chi connectivity index (χ3v) is 2.76. The van der Waals surface area contributed by atoms with Crippen LogP contribution in [0.5, 0.6) is 0 Å². The van der Waals surface area contributed by atoms with Crippen molar-refractivity contribution in [1.82, 2.24) is 5.32 Å². The summed E-state index contributed by atoms with van der Waals surface area (Å²) in [7, 11) is 1.73. The third-order valence-electron chi connectivity index (χ3n) is 2.76. The van der Waals surface area contributed by atoms with Gasteiger partial charge in [-0.05, 0) is 17.5 Å². The van der Waals surface area contributed by atoms with E-state index in [1.54, 1.807) is 7.11 Å². The number of ether oxygens (including phenoxy) is 1. The van der Waals surface area contributed by atoms with Crippen LogP contribution in [0.3, 0.4) is 0 Å². The van der Waals surface area contributed by atoms with Gasteiger partial charge >= 0.3 is 0 Å². The second-order valence-corrected chi connectivity index (χ2v) is 4.39. The molecule has 0 saturated heterocycles. The Labute approximate surface area is 98.0 Å². The maximum atomic E-state index is 5.89. The summed E-state index contributed by atoms with van der Waals surface area (Å²) in [5, 5.41) is 3.47. The maximum absolute atomic E-state index is 5.89. The van der Waals surface area contributed by atoms with Crippen molar-refractivity contribution in [3.63, 3.8) is 0 Å². The molecule has 0 aliphatic rings. The van der Waals surface area contributed by atoms with E-state index in [1.807, 2.05) is 24.3 Å². The van der Waals surface area contributed by atoms with Crippen molar-refractivity contribution in [2.45, 2.75) is 26.4 Å². The highest BCUT2D eigenvalue weighted by Crippen LogP contribution is 2.11. The zero-order chi connectivity index (χ0) is 12.0. The van der Waals surface area contributed by atoms with Gasteiger partial charge in [-0.25, -0.2) is 0 Å². The predicted octanol–water partition coefficient (Wildman–Crippen LogP) is 2.03. The summed E-state index contributed by atoms with van der Waals surface area (Å²) >= 11 is 0. The molecule has 0 aromatic heterocycles. The van der Waals surface area contributed by atoms with Crippen LogP contribution >= 0.6 is 0 Å².